The number of hydrogen-bond donors (Lipinski definition) is 5. The molecule has 18 nitrogen and oxygen atoms in total. The highest BCUT2D eigenvalue weighted by Crippen LogP contribution is 2.51. The molecule has 19 heteroatoms. The molecule has 9 aromatic rings. The second-order valence-electron chi connectivity index (χ2n) is 31.6. The van der Waals surface area contributed by atoms with Crippen LogP contribution in [0.25, 0.3) is 0 Å². The van der Waals surface area contributed by atoms with Crippen molar-refractivity contribution in [3.63, 3.8) is 0 Å². The molecule has 3 fully saturated rings. The highest BCUT2D eigenvalue weighted by molar-refractivity contribution is 6.28. The van der Waals surface area contributed by atoms with Crippen molar-refractivity contribution in [1.29, 1.82) is 0 Å². The fourth-order valence-electron chi connectivity index (χ4n) is 13.7. The molecule has 111 heavy (non-hydrogen) atoms. The van der Waals surface area contributed by atoms with Crippen LogP contribution >= 0.6 is 11.6 Å². The van der Waals surface area contributed by atoms with Gasteiger partial charge in [-0.3, -0.25) is 24.0 Å². The lowest BCUT2D eigenvalue weighted by Crippen LogP contribution is -2.29. The number of amides is 3. The van der Waals surface area contributed by atoms with Crippen LogP contribution in [0.3, 0.4) is 0 Å². The maximum atomic E-state index is 12.2. The van der Waals surface area contributed by atoms with E-state index in [-0.39, 0.29) is 75.1 Å². The Morgan fingerprint density at radius 2 is 0.730 bits per heavy atom. The van der Waals surface area contributed by atoms with Gasteiger partial charge in [0.2, 0.25) is 23.0 Å². The predicted octanol–water partition coefficient (Wildman–Crippen LogP) is 17.0. The van der Waals surface area contributed by atoms with Crippen LogP contribution < -0.4 is 28.7 Å². The molecule has 3 aliphatic rings. The zero-order valence-electron chi connectivity index (χ0n) is 64.9. The van der Waals surface area contributed by atoms with Gasteiger partial charge >= 0.3 is 11.9 Å². The van der Waals surface area contributed by atoms with E-state index in [4.69, 9.17) is 59.7 Å². The van der Waals surface area contributed by atoms with Crippen LogP contribution in [-0.4, -0.2) is 70.8 Å². The van der Waals surface area contributed by atoms with Crippen molar-refractivity contribution in [2.75, 3.05) is 5.73 Å². The van der Waals surface area contributed by atoms with Gasteiger partial charge < -0.3 is 38.1 Å². The third-order valence-corrected chi connectivity index (χ3v) is 20.7. The molecule has 12 rings (SSSR count). The second-order valence-corrected chi connectivity index (χ2v) is 31.9. The molecule has 0 spiro atoms. The maximum Gasteiger partial charge on any atom is 0.306 e. The number of esters is 2. The number of anilines is 1. The van der Waals surface area contributed by atoms with Gasteiger partial charge in [-0.25, -0.2) is 29.9 Å². The van der Waals surface area contributed by atoms with Crippen molar-refractivity contribution in [2.45, 2.75) is 253 Å². The van der Waals surface area contributed by atoms with E-state index in [9.17, 15) is 24.0 Å². The first-order valence-corrected chi connectivity index (χ1v) is 38.0. The number of hydrogen-bond acceptors (Lipinski definition) is 15. The van der Waals surface area contributed by atoms with E-state index >= 15 is 0 Å². The average Bonchev–Trinajstić information content (AvgIpc) is 1.61. The SMILES string of the molecule is C.C.C.CC(CC(=O)OC(C)(C)C)c1ccc(N)cc1.Cc1cnc(Cc2ccc(C(C)CC(=O)OC(C)(C)C)cc2)nc1CCc1ccccc1C1(C(N)=O)CC1.Cc1cnc(Cc2ccc(C(C)N)cc2)nc1CCc1ccccc1C1(C(N)=O)CC1.Cc1cnc(Cl)nc1CCc1ccccc1C1(C(N)=O)CC1. The summed E-state index contributed by atoms with van der Waals surface area (Å²) in [5.74, 6) is 0.815. The van der Waals surface area contributed by atoms with Crippen molar-refractivity contribution in [2.24, 2.45) is 22.9 Å². The zero-order valence-corrected chi connectivity index (χ0v) is 65.7. The summed E-state index contributed by atoms with van der Waals surface area (Å²) in [6.07, 6.45) is 17.4. The molecule has 3 amide bonds. The number of aromatic nitrogens is 6. The Kier molecular flexibility index (Phi) is 31.8. The van der Waals surface area contributed by atoms with Crippen LogP contribution in [0.15, 0.2) is 164 Å². The van der Waals surface area contributed by atoms with Crippen LogP contribution in [-0.2, 0) is 101 Å². The molecule has 6 aromatic carbocycles. The van der Waals surface area contributed by atoms with E-state index < -0.39 is 27.4 Å². The smallest absolute Gasteiger partial charge is 0.306 e. The first kappa shape index (κ1) is 89.8. The Hall–Kier alpha value is -10.0. The first-order valence-electron chi connectivity index (χ1n) is 37.6. The molecule has 3 unspecified atom stereocenters. The number of ether oxygens (including phenoxy) is 2. The number of halogens is 1. The van der Waals surface area contributed by atoms with Gasteiger partial charge in [0.25, 0.3) is 0 Å². The molecular formula is C92H120ClN11O7. The summed E-state index contributed by atoms with van der Waals surface area (Å²) in [6, 6.07) is 48.6. The summed E-state index contributed by atoms with van der Waals surface area (Å²) >= 11 is 5.87. The summed E-state index contributed by atoms with van der Waals surface area (Å²) in [5.41, 5.74) is 45.6. The van der Waals surface area contributed by atoms with Crippen molar-refractivity contribution in [3.8, 4) is 0 Å². The Balaban J connectivity index is 0.000000238. The first-order chi connectivity index (χ1) is 51.2. The van der Waals surface area contributed by atoms with Crippen LogP contribution in [0.2, 0.25) is 5.28 Å². The number of carbonyl (C=O) groups is 5. The molecule has 3 aliphatic carbocycles. The Morgan fingerprint density at radius 3 is 1.04 bits per heavy atom. The van der Waals surface area contributed by atoms with Crippen LogP contribution in [0, 0.1) is 20.8 Å². The van der Waals surface area contributed by atoms with Crippen molar-refractivity contribution >= 4 is 46.9 Å². The lowest BCUT2D eigenvalue weighted by Gasteiger charge is -2.21. The molecule has 10 N–H and O–H groups in total. The van der Waals surface area contributed by atoms with Crippen LogP contribution in [0.1, 0.15) is 260 Å². The van der Waals surface area contributed by atoms with E-state index in [1.165, 1.54) is 16.7 Å². The zero-order chi connectivity index (χ0) is 78.3. The molecule has 3 atom stereocenters. The van der Waals surface area contributed by atoms with Gasteiger partial charge in [-0.15, -0.1) is 0 Å². The lowest BCUT2D eigenvalue weighted by atomic mass is 9.88. The molecule has 0 saturated heterocycles. The van der Waals surface area contributed by atoms with Gasteiger partial charge in [-0.2, -0.15) is 0 Å². The average molecular weight is 1530 g/mol. The Morgan fingerprint density at radius 1 is 0.432 bits per heavy atom. The monoisotopic (exact) mass is 1530 g/mol. The highest BCUT2D eigenvalue weighted by atomic mass is 35.5. The summed E-state index contributed by atoms with van der Waals surface area (Å²) in [6.45, 7) is 23.4. The quantitative estimate of drug-likeness (QED) is 0.0191. The van der Waals surface area contributed by atoms with E-state index in [0.717, 1.165) is 173 Å². The fraction of sp³-hybridized carbons (Fsp3) is 0.424. The normalized spacial score (nSPS) is 14.6. The summed E-state index contributed by atoms with van der Waals surface area (Å²) < 4.78 is 10.8. The van der Waals surface area contributed by atoms with Crippen LogP contribution in [0.4, 0.5) is 5.69 Å². The molecule has 0 aliphatic heterocycles. The molecule has 592 valence electrons. The van der Waals surface area contributed by atoms with Crippen molar-refractivity contribution < 1.29 is 33.4 Å². The lowest BCUT2D eigenvalue weighted by molar-refractivity contribution is -0.156. The predicted molar refractivity (Wildman–Crippen MR) is 447 cm³/mol. The second kappa shape index (κ2) is 39.2. The van der Waals surface area contributed by atoms with Crippen LogP contribution in [0.5, 0.6) is 0 Å². The number of rotatable bonds is 26. The molecule has 3 saturated carbocycles. The van der Waals surface area contributed by atoms with E-state index in [2.05, 4.69) is 92.7 Å². The number of nitrogens with two attached hydrogens (primary N) is 5. The highest BCUT2D eigenvalue weighted by Gasteiger charge is 2.52. The van der Waals surface area contributed by atoms with Gasteiger partial charge in [0.05, 0.1) is 29.1 Å². The minimum Gasteiger partial charge on any atom is -0.460 e. The standard InChI is InChI=1S/C32H39N3O3.C26H30N4O.C17H18ClN3O.C14H21NO2.3CH4/c1-21(18-29(36)38-31(3,4)5)24-12-10-23(11-13-24)19-28-34-20-22(2)27(35-28)15-14-25-8-6-7-9-26(25)32(16-17-32)30(33)37;1-17-16-29-24(15-19-7-9-20(10-8-19)18(2)27)30-23(17)12-11-21-5-3-4-6-22(21)26(13-14-26)25(28)31;1-11-10-20-16(18)21-14(11)7-6-12-4-2-3-5-13(12)17(8-9-17)15(19)22;1-10(9-13(16)17-14(2,3)4)11-5-7-12(15)8-6-11;;;/h6-13,20-21H,14-19H2,1-5H3,(H2,33,37);3-10,16,18H,11-15,27H2,1-2H3,(H2,28,31);2-5,10H,6-9H2,1H3,(H2,19,22);5-8,10H,9,15H2,1-4H3;3*1H4. The third-order valence-electron chi connectivity index (χ3n) is 20.5. The molecule has 3 aromatic heterocycles. The van der Waals surface area contributed by atoms with Gasteiger partial charge in [0.15, 0.2) is 0 Å². The van der Waals surface area contributed by atoms with E-state index in [0.29, 0.717) is 25.7 Å². The Bertz CT molecular complexity index is 4610. The molecular weight excluding hydrogens is 1410 g/mol. The Labute approximate surface area is 664 Å². The topological polar surface area (TPSA) is 311 Å². The van der Waals surface area contributed by atoms with Gasteiger partial charge in [0, 0.05) is 60.2 Å². The van der Waals surface area contributed by atoms with Gasteiger partial charge in [-0.1, -0.05) is 170 Å². The van der Waals surface area contributed by atoms with E-state index in [1.807, 2.05) is 168 Å². The molecule has 0 radical (unpaired) electrons. The van der Waals surface area contributed by atoms with E-state index in [1.54, 1.807) is 6.20 Å². The number of primary amides is 3. The number of carbonyl (C=O) groups excluding carboxylic acids is 5. The molecule has 0 bridgehead atoms. The maximum absolute atomic E-state index is 12.2. The fourth-order valence-corrected chi connectivity index (χ4v) is 13.9. The van der Waals surface area contributed by atoms with Crippen molar-refractivity contribution in [3.05, 3.63) is 276 Å². The largest absolute Gasteiger partial charge is 0.460 e. The van der Waals surface area contributed by atoms with Gasteiger partial charge in [-0.05, 0) is 260 Å². The summed E-state index contributed by atoms with van der Waals surface area (Å²) in [7, 11) is 0. The minimum absolute atomic E-state index is 0. The number of nitrogens with zero attached hydrogens (tertiary/aromatic N) is 6. The number of benzene rings is 6. The summed E-state index contributed by atoms with van der Waals surface area (Å²) in [4.78, 5) is 86.9. The summed E-state index contributed by atoms with van der Waals surface area (Å²) in [5, 5.41) is 0.268. The number of aryl methyl sites for hydroxylation is 9. The minimum atomic E-state index is -0.487. The third kappa shape index (κ3) is 25.0. The van der Waals surface area contributed by atoms with Crippen molar-refractivity contribution in [1.82, 2.24) is 29.9 Å². The van der Waals surface area contributed by atoms with Gasteiger partial charge in [0.1, 0.15) is 22.9 Å². The number of nitrogen functional groups attached to an aromatic ring is 1. The molecule has 3 heterocycles.